The van der Waals surface area contributed by atoms with Crippen molar-refractivity contribution < 1.29 is 14.7 Å². The summed E-state index contributed by atoms with van der Waals surface area (Å²) in [5.41, 5.74) is 4.69. The van der Waals surface area contributed by atoms with E-state index in [4.69, 9.17) is 10.8 Å². The Hall–Kier alpha value is -1.40. The largest absolute Gasteiger partial charge is 0.478 e. The molecule has 0 heterocycles. The predicted octanol–water partition coefficient (Wildman–Crippen LogP) is 2.85. The zero-order chi connectivity index (χ0) is 15.7. The normalized spacial score (nSPS) is 12.1. The van der Waals surface area contributed by atoms with Gasteiger partial charge in [-0.05, 0) is 45.9 Å². The number of carbonyl (C=O) groups excluding carboxylic acids is 1. The van der Waals surface area contributed by atoms with Crippen LogP contribution in [0.25, 0.3) is 0 Å². The fourth-order valence-electron chi connectivity index (χ4n) is 1.38. The average Bonchev–Trinajstić information content (AvgIpc) is 2.26. The van der Waals surface area contributed by atoms with E-state index in [0.717, 1.165) is 0 Å². The summed E-state index contributed by atoms with van der Waals surface area (Å²) in [7, 11) is 0. The highest BCUT2D eigenvalue weighted by atomic mass is 79.9. The number of anilines is 1. The van der Waals surface area contributed by atoms with Gasteiger partial charge in [0.15, 0.2) is 0 Å². The number of benzene rings is 1. The van der Waals surface area contributed by atoms with Crippen LogP contribution < -0.4 is 11.1 Å². The number of hydrogen-bond acceptors (Lipinski definition) is 3. The van der Waals surface area contributed by atoms with E-state index in [2.05, 4.69) is 21.2 Å². The summed E-state index contributed by atoms with van der Waals surface area (Å²) >= 11 is 3.26. The molecule has 0 aliphatic carbocycles. The lowest BCUT2D eigenvalue weighted by atomic mass is 9.74. The molecule has 4 N–H and O–H groups in total. The lowest BCUT2D eigenvalue weighted by Gasteiger charge is -2.37. The molecule has 0 unspecified atom stereocenters. The van der Waals surface area contributed by atoms with Gasteiger partial charge in [-0.3, -0.25) is 4.79 Å². The van der Waals surface area contributed by atoms with Crippen LogP contribution in [-0.4, -0.2) is 22.5 Å². The number of carbonyl (C=O) groups is 2. The molecule has 6 heteroatoms. The molecule has 110 valence electrons. The van der Waals surface area contributed by atoms with E-state index in [0.29, 0.717) is 4.47 Å². The number of hydrogen-bond donors (Lipinski definition) is 3. The van der Waals surface area contributed by atoms with Gasteiger partial charge in [-0.15, -0.1) is 0 Å². The second kappa shape index (κ2) is 5.54. The predicted molar refractivity (Wildman–Crippen MR) is 81.8 cm³/mol. The molecule has 1 amide bonds. The summed E-state index contributed by atoms with van der Waals surface area (Å²) in [4.78, 5) is 23.5. The van der Waals surface area contributed by atoms with Gasteiger partial charge in [-0.25, -0.2) is 4.79 Å². The third-order valence-electron chi connectivity index (χ3n) is 3.64. The molecule has 0 aliphatic rings. The SMILES string of the molecule is CC(C)(N)C(C)(C)C(=O)Nc1cc(Br)ccc1C(=O)O. The van der Waals surface area contributed by atoms with E-state index in [9.17, 15) is 9.59 Å². The molecule has 1 aromatic carbocycles. The summed E-state index contributed by atoms with van der Waals surface area (Å²) in [6.07, 6.45) is 0. The third-order valence-corrected chi connectivity index (χ3v) is 4.13. The van der Waals surface area contributed by atoms with Gasteiger partial charge in [-0.2, -0.15) is 0 Å². The first kappa shape index (κ1) is 16.7. The zero-order valence-corrected chi connectivity index (χ0v) is 13.5. The molecule has 0 saturated carbocycles. The molecule has 0 bridgehead atoms. The number of carboxylic acids is 1. The van der Waals surface area contributed by atoms with Gasteiger partial charge in [0.1, 0.15) is 0 Å². The van der Waals surface area contributed by atoms with Crippen molar-refractivity contribution in [3.63, 3.8) is 0 Å². The second-order valence-electron chi connectivity index (χ2n) is 5.80. The molecular formula is C14H19BrN2O3. The van der Waals surface area contributed by atoms with Crippen LogP contribution in [0.15, 0.2) is 22.7 Å². The van der Waals surface area contributed by atoms with Crippen LogP contribution in [0.4, 0.5) is 5.69 Å². The Morgan fingerprint density at radius 2 is 1.80 bits per heavy atom. The number of aromatic carboxylic acids is 1. The highest BCUT2D eigenvalue weighted by molar-refractivity contribution is 9.10. The summed E-state index contributed by atoms with van der Waals surface area (Å²) < 4.78 is 0.683. The highest BCUT2D eigenvalue weighted by Gasteiger charge is 2.40. The van der Waals surface area contributed by atoms with E-state index in [-0.39, 0.29) is 17.2 Å². The van der Waals surface area contributed by atoms with Gasteiger partial charge in [0.25, 0.3) is 0 Å². The van der Waals surface area contributed by atoms with E-state index < -0.39 is 16.9 Å². The minimum absolute atomic E-state index is 0.0344. The lowest BCUT2D eigenvalue weighted by molar-refractivity contribution is -0.126. The van der Waals surface area contributed by atoms with Crippen LogP contribution in [0.1, 0.15) is 38.1 Å². The minimum Gasteiger partial charge on any atom is -0.478 e. The minimum atomic E-state index is -1.10. The Morgan fingerprint density at radius 1 is 1.25 bits per heavy atom. The number of carboxylic acid groups (broad SMARTS) is 1. The highest BCUT2D eigenvalue weighted by Crippen LogP contribution is 2.31. The Kier molecular flexibility index (Phi) is 4.61. The van der Waals surface area contributed by atoms with Crippen LogP contribution in [0.5, 0.6) is 0 Å². The lowest BCUT2D eigenvalue weighted by Crippen LogP contribution is -2.53. The average molecular weight is 343 g/mol. The van der Waals surface area contributed by atoms with Crippen LogP contribution >= 0.6 is 15.9 Å². The van der Waals surface area contributed by atoms with Crippen molar-refractivity contribution in [3.05, 3.63) is 28.2 Å². The number of amides is 1. The summed E-state index contributed by atoms with van der Waals surface area (Å²) in [6, 6.07) is 4.60. The second-order valence-corrected chi connectivity index (χ2v) is 6.71. The Balaban J connectivity index is 3.14. The third kappa shape index (κ3) is 3.37. The van der Waals surface area contributed by atoms with E-state index >= 15 is 0 Å². The molecule has 0 radical (unpaired) electrons. The molecule has 5 nitrogen and oxygen atoms in total. The van der Waals surface area contributed by atoms with Gasteiger partial charge >= 0.3 is 5.97 Å². The zero-order valence-electron chi connectivity index (χ0n) is 12.0. The van der Waals surface area contributed by atoms with Crippen LogP contribution in [-0.2, 0) is 4.79 Å². The van der Waals surface area contributed by atoms with Crippen molar-refractivity contribution in [2.24, 2.45) is 11.1 Å². The molecule has 0 atom stereocenters. The maximum absolute atomic E-state index is 12.4. The molecule has 0 aromatic heterocycles. The van der Waals surface area contributed by atoms with E-state index in [1.165, 1.54) is 6.07 Å². The van der Waals surface area contributed by atoms with E-state index in [1.54, 1.807) is 39.8 Å². The number of nitrogens with one attached hydrogen (secondary N) is 1. The molecule has 0 saturated heterocycles. The first-order valence-corrected chi connectivity index (χ1v) is 6.89. The molecule has 0 spiro atoms. The number of halogens is 1. The molecular weight excluding hydrogens is 324 g/mol. The van der Waals surface area contributed by atoms with Crippen molar-refractivity contribution >= 4 is 33.5 Å². The standard InChI is InChI=1S/C14H19BrN2O3/c1-13(2,14(3,4)16)12(20)17-10-7-8(15)5-6-9(10)11(18)19/h5-7H,16H2,1-4H3,(H,17,20)(H,18,19). The topological polar surface area (TPSA) is 92.4 Å². The van der Waals surface area contributed by atoms with Gasteiger partial charge < -0.3 is 16.2 Å². The summed E-state index contributed by atoms with van der Waals surface area (Å²) in [6.45, 7) is 6.96. The molecule has 20 heavy (non-hydrogen) atoms. The Morgan fingerprint density at radius 3 is 2.25 bits per heavy atom. The van der Waals surface area contributed by atoms with Crippen LogP contribution in [0, 0.1) is 5.41 Å². The van der Waals surface area contributed by atoms with Gasteiger partial charge in [0, 0.05) is 10.0 Å². The maximum Gasteiger partial charge on any atom is 0.337 e. The quantitative estimate of drug-likeness (QED) is 0.784. The van der Waals surface area contributed by atoms with Gasteiger partial charge in [0.2, 0.25) is 5.91 Å². The number of nitrogens with two attached hydrogens (primary N) is 1. The first-order valence-electron chi connectivity index (χ1n) is 6.10. The fraction of sp³-hybridized carbons (Fsp3) is 0.429. The Labute approximate surface area is 126 Å². The monoisotopic (exact) mass is 342 g/mol. The molecule has 1 rings (SSSR count). The van der Waals surface area contributed by atoms with Gasteiger partial charge in [-0.1, -0.05) is 15.9 Å². The smallest absolute Gasteiger partial charge is 0.337 e. The molecule has 1 aromatic rings. The fourth-order valence-corrected chi connectivity index (χ4v) is 1.74. The summed E-state index contributed by atoms with van der Waals surface area (Å²) in [5, 5.41) is 11.8. The van der Waals surface area contributed by atoms with Crippen molar-refractivity contribution in [1.29, 1.82) is 0 Å². The number of rotatable bonds is 4. The van der Waals surface area contributed by atoms with Crippen LogP contribution in [0.3, 0.4) is 0 Å². The van der Waals surface area contributed by atoms with Gasteiger partial charge in [0.05, 0.1) is 16.7 Å². The van der Waals surface area contributed by atoms with Crippen molar-refractivity contribution in [2.75, 3.05) is 5.32 Å². The maximum atomic E-state index is 12.4. The summed E-state index contributed by atoms with van der Waals surface area (Å²) in [5.74, 6) is -1.43. The van der Waals surface area contributed by atoms with E-state index in [1.807, 2.05) is 0 Å². The molecule has 0 aliphatic heterocycles. The van der Waals surface area contributed by atoms with Crippen molar-refractivity contribution in [3.8, 4) is 0 Å². The molecule has 0 fully saturated rings. The van der Waals surface area contributed by atoms with Crippen molar-refractivity contribution in [2.45, 2.75) is 33.2 Å². The van der Waals surface area contributed by atoms with Crippen molar-refractivity contribution in [1.82, 2.24) is 0 Å². The Bertz CT molecular complexity index is 548. The van der Waals surface area contributed by atoms with Crippen LogP contribution in [0.2, 0.25) is 0 Å². The first-order chi connectivity index (χ1) is 8.96.